The summed E-state index contributed by atoms with van der Waals surface area (Å²) in [5, 5.41) is 6.03. The molecule has 3 nitrogen and oxygen atoms in total. The molecular weight excluding hydrogens is 234 g/mol. The van der Waals surface area contributed by atoms with E-state index < -0.39 is 5.60 Å². The van der Waals surface area contributed by atoms with Gasteiger partial charge in [-0.05, 0) is 48.9 Å². The van der Waals surface area contributed by atoms with Crippen molar-refractivity contribution in [1.82, 2.24) is 0 Å². The van der Waals surface area contributed by atoms with Crippen molar-refractivity contribution in [1.29, 1.82) is 0 Å². The molecular formula is C13H15NO2S. The molecule has 0 spiro atoms. The molecule has 0 fully saturated rings. The third-order valence-electron chi connectivity index (χ3n) is 2.77. The fourth-order valence-corrected chi connectivity index (χ4v) is 2.19. The Morgan fingerprint density at radius 3 is 2.82 bits per heavy atom. The van der Waals surface area contributed by atoms with Gasteiger partial charge in [-0.2, -0.15) is 0 Å². The molecule has 1 heterocycles. The molecule has 1 aromatic carbocycles. The summed E-state index contributed by atoms with van der Waals surface area (Å²) in [7, 11) is 1.53. The number of ether oxygens (including phenoxy) is 1. The van der Waals surface area contributed by atoms with Gasteiger partial charge in [0.15, 0.2) is 0 Å². The maximum Gasteiger partial charge on any atom is 0.256 e. The molecule has 90 valence electrons. The molecule has 1 N–H and O–H groups in total. The van der Waals surface area contributed by atoms with E-state index in [1.54, 1.807) is 25.2 Å². The topological polar surface area (TPSA) is 38.3 Å². The Bertz CT molecular complexity index is 545. The molecule has 0 saturated heterocycles. The van der Waals surface area contributed by atoms with Gasteiger partial charge < -0.3 is 10.1 Å². The molecule has 2 rings (SSSR count). The van der Waals surface area contributed by atoms with Gasteiger partial charge in [-0.3, -0.25) is 4.79 Å². The van der Waals surface area contributed by atoms with Gasteiger partial charge in [0.2, 0.25) is 0 Å². The molecule has 2 aromatic rings. The minimum absolute atomic E-state index is 0.144. The molecule has 0 radical (unpaired) electrons. The van der Waals surface area contributed by atoms with Crippen molar-refractivity contribution in [2.45, 2.75) is 19.4 Å². The van der Waals surface area contributed by atoms with Gasteiger partial charge in [-0.25, -0.2) is 0 Å². The van der Waals surface area contributed by atoms with Gasteiger partial charge in [-0.1, -0.05) is 0 Å². The van der Waals surface area contributed by atoms with Crippen LogP contribution in [0, 0.1) is 0 Å². The smallest absolute Gasteiger partial charge is 0.256 e. The Morgan fingerprint density at radius 1 is 1.35 bits per heavy atom. The van der Waals surface area contributed by atoms with Crippen molar-refractivity contribution in [2.24, 2.45) is 0 Å². The summed E-state index contributed by atoms with van der Waals surface area (Å²) in [6.45, 7) is 3.48. The number of hydrogen-bond donors (Lipinski definition) is 1. The number of nitrogens with one attached hydrogen (secondary N) is 1. The number of rotatable bonds is 3. The van der Waals surface area contributed by atoms with Crippen molar-refractivity contribution < 1.29 is 9.53 Å². The van der Waals surface area contributed by atoms with Gasteiger partial charge in [0.05, 0.1) is 0 Å². The van der Waals surface area contributed by atoms with Crippen LogP contribution in [0.4, 0.5) is 5.69 Å². The number of carbonyl (C=O) groups is 1. The highest BCUT2D eigenvalue weighted by molar-refractivity contribution is 7.17. The normalized spacial score (nSPS) is 11.7. The van der Waals surface area contributed by atoms with Crippen molar-refractivity contribution >= 4 is 33.0 Å². The number of amides is 1. The zero-order valence-electron chi connectivity index (χ0n) is 10.1. The molecule has 1 aromatic heterocycles. The van der Waals surface area contributed by atoms with Gasteiger partial charge in [0.25, 0.3) is 5.91 Å². The molecule has 1 amide bonds. The lowest BCUT2D eigenvalue weighted by atomic mass is 10.1. The van der Waals surface area contributed by atoms with E-state index >= 15 is 0 Å². The van der Waals surface area contributed by atoms with E-state index in [-0.39, 0.29) is 5.91 Å². The van der Waals surface area contributed by atoms with Crippen molar-refractivity contribution in [3.63, 3.8) is 0 Å². The SMILES string of the molecule is COC(C)(C)C(=O)Nc1ccc2sccc2c1. The lowest BCUT2D eigenvalue weighted by Gasteiger charge is -2.21. The van der Waals surface area contributed by atoms with Crippen molar-refractivity contribution in [3.8, 4) is 0 Å². The molecule has 0 saturated carbocycles. The van der Waals surface area contributed by atoms with Crippen LogP contribution in [0.2, 0.25) is 0 Å². The number of carbonyl (C=O) groups excluding carboxylic acids is 1. The van der Waals surface area contributed by atoms with Crippen LogP contribution in [-0.2, 0) is 9.53 Å². The standard InChI is InChI=1S/C13H15NO2S/c1-13(2,16-3)12(15)14-10-4-5-11-9(8-10)6-7-17-11/h4-8H,1-3H3,(H,14,15). The predicted molar refractivity (Wildman–Crippen MR) is 71.5 cm³/mol. The predicted octanol–water partition coefficient (Wildman–Crippen LogP) is 3.26. The Morgan fingerprint density at radius 2 is 2.12 bits per heavy atom. The van der Waals surface area contributed by atoms with Crippen LogP contribution in [0.25, 0.3) is 10.1 Å². The summed E-state index contributed by atoms with van der Waals surface area (Å²) in [6, 6.07) is 7.92. The highest BCUT2D eigenvalue weighted by Crippen LogP contribution is 2.24. The summed E-state index contributed by atoms with van der Waals surface area (Å²) < 4.78 is 6.35. The third-order valence-corrected chi connectivity index (χ3v) is 3.67. The van der Waals surface area contributed by atoms with Crippen LogP contribution in [0.15, 0.2) is 29.6 Å². The molecule has 0 aliphatic carbocycles. The van der Waals surface area contributed by atoms with E-state index in [2.05, 4.69) is 5.32 Å². The average molecular weight is 249 g/mol. The third kappa shape index (κ3) is 2.48. The first-order valence-corrected chi connectivity index (χ1v) is 6.25. The second-order valence-electron chi connectivity index (χ2n) is 4.34. The molecule has 17 heavy (non-hydrogen) atoms. The number of hydrogen-bond acceptors (Lipinski definition) is 3. The second-order valence-corrected chi connectivity index (χ2v) is 5.29. The van der Waals surface area contributed by atoms with Crippen LogP contribution in [0.3, 0.4) is 0 Å². The van der Waals surface area contributed by atoms with Crippen LogP contribution in [-0.4, -0.2) is 18.6 Å². The van der Waals surface area contributed by atoms with Gasteiger partial charge in [-0.15, -0.1) is 11.3 Å². The first-order valence-electron chi connectivity index (χ1n) is 5.37. The highest BCUT2D eigenvalue weighted by Gasteiger charge is 2.26. The van der Waals surface area contributed by atoms with Gasteiger partial charge in [0, 0.05) is 17.5 Å². The summed E-state index contributed by atoms with van der Waals surface area (Å²) in [5.41, 5.74) is -0.0186. The number of thiophene rings is 1. The van der Waals surface area contributed by atoms with Crippen LogP contribution < -0.4 is 5.32 Å². The van der Waals surface area contributed by atoms with Crippen molar-refractivity contribution in [2.75, 3.05) is 12.4 Å². The fourth-order valence-electron chi connectivity index (χ4n) is 1.42. The van der Waals surface area contributed by atoms with Gasteiger partial charge in [0.1, 0.15) is 5.60 Å². The largest absolute Gasteiger partial charge is 0.369 e. The molecule has 0 atom stereocenters. The van der Waals surface area contributed by atoms with E-state index in [4.69, 9.17) is 4.74 Å². The first kappa shape index (κ1) is 12.1. The molecule has 0 aliphatic rings. The zero-order chi connectivity index (χ0) is 12.5. The quantitative estimate of drug-likeness (QED) is 0.906. The molecule has 0 unspecified atom stereocenters. The number of anilines is 1. The number of methoxy groups -OCH3 is 1. The van der Waals surface area contributed by atoms with Crippen molar-refractivity contribution in [3.05, 3.63) is 29.6 Å². The lowest BCUT2D eigenvalue weighted by Crippen LogP contribution is -2.38. The van der Waals surface area contributed by atoms with E-state index in [1.807, 2.05) is 29.6 Å². The summed E-state index contributed by atoms with van der Waals surface area (Å²) in [6.07, 6.45) is 0. The van der Waals surface area contributed by atoms with Crippen LogP contribution >= 0.6 is 11.3 Å². The number of fused-ring (bicyclic) bond motifs is 1. The molecule has 0 aliphatic heterocycles. The van der Waals surface area contributed by atoms with Crippen LogP contribution in [0.1, 0.15) is 13.8 Å². The van der Waals surface area contributed by atoms with Crippen LogP contribution in [0.5, 0.6) is 0 Å². The lowest BCUT2D eigenvalue weighted by molar-refractivity contribution is -0.133. The first-order chi connectivity index (χ1) is 8.03. The van der Waals surface area contributed by atoms with Gasteiger partial charge >= 0.3 is 0 Å². The Balaban J connectivity index is 2.21. The monoisotopic (exact) mass is 249 g/mol. The second kappa shape index (κ2) is 4.47. The van der Waals surface area contributed by atoms with E-state index in [0.29, 0.717) is 0 Å². The summed E-state index contributed by atoms with van der Waals surface area (Å²) in [5.74, 6) is -0.144. The Kier molecular flexibility index (Phi) is 3.17. The van der Waals surface area contributed by atoms with E-state index in [1.165, 1.54) is 11.8 Å². The fraction of sp³-hybridized carbons (Fsp3) is 0.308. The summed E-state index contributed by atoms with van der Waals surface area (Å²) in [4.78, 5) is 11.9. The molecule has 0 bridgehead atoms. The Hall–Kier alpha value is -1.39. The highest BCUT2D eigenvalue weighted by atomic mass is 32.1. The average Bonchev–Trinajstić information content (AvgIpc) is 2.76. The zero-order valence-corrected chi connectivity index (χ0v) is 10.9. The van der Waals surface area contributed by atoms with E-state index in [9.17, 15) is 4.79 Å². The minimum atomic E-state index is -0.816. The number of benzene rings is 1. The summed E-state index contributed by atoms with van der Waals surface area (Å²) >= 11 is 1.69. The Labute approximate surface area is 104 Å². The molecule has 4 heteroatoms. The maximum atomic E-state index is 11.9. The maximum absolute atomic E-state index is 11.9. The van der Waals surface area contributed by atoms with E-state index in [0.717, 1.165) is 11.1 Å². The minimum Gasteiger partial charge on any atom is -0.369 e.